The fourth-order valence-corrected chi connectivity index (χ4v) is 4.47. The van der Waals surface area contributed by atoms with Crippen molar-refractivity contribution in [1.29, 1.82) is 0 Å². The van der Waals surface area contributed by atoms with Crippen LogP contribution >= 0.6 is 0 Å². The van der Waals surface area contributed by atoms with Crippen molar-refractivity contribution in [2.24, 2.45) is 0 Å². The monoisotopic (exact) mass is 228 g/mol. The highest BCUT2D eigenvalue weighted by Gasteiger charge is 2.27. The van der Waals surface area contributed by atoms with Crippen LogP contribution in [0.3, 0.4) is 0 Å². The fraction of sp³-hybridized carbons (Fsp3) is 0.846. The maximum atomic E-state index is 6.15. The first-order valence-electron chi connectivity index (χ1n) is 6.53. The normalized spacial score (nSPS) is 12.5. The van der Waals surface area contributed by atoms with E-state index in [1.54, 1.807) is 0 Å². The third-order valence-corrected chi connectivity index (χ3v) is 7.93. The molecule has 0 fully saturated rings. The van der Waals surface area contributed by atoms with Gasteiger partial charge in [-0.15, -0.1) is 0 Å². The fourth-order valence-electron chi connectivity index (χ4n) is 1.80. The molecule has 0 saturated heterocycles. The Labute approximate surface area is 97.0 Å². The van der Waals surface area contributed by atoms with Crippen molar-refractivity contribution in [2.45, 2.75) is 65.1 Å². The molecule has 0 radical (unpaired) electrons. The van der Waals surface area contributed by atoms with Crippen molar-refractivity contribution in [3.63, 3.8) is 0 Å². The number of rotatable bonds is 9. The van der Waals surface area contributed by atoms with Gasteiger partial charge in [0, 0.05) is 6.61 Å². The van der Waals surface area contributed by atoms with E-state index in [4.69, 9.17) is 4.43 Å². The average molecular weight is 228 g/mol. The highest BCUT2D eigenvalue weighted by atomic mass is 28.4. The second-order valence-corrected chi connectivity index (χ2v) is 8.92. The van der Waals surface area contributed by atoms with Crippen LogP contribution in [0, 0.1) is 0 Å². The van der Waals surface area contributed by atoms with Gasteiger partial charge < -0.3 is 4.43 Å². The molecule has 0 N–H and O–H groups in total. The van der Waals surface area contributed by atoms with Crippen LogP contribution in [0.1, 0.15) is 47.0 Å². The summed E-state index contributed by atoms with van der Waals surface area (Å²) in [6.45, 7) is 10.00. The van der Waals surface area contributed by atoms with Crippen molar-refractivity contribution in [3.8, 4) is 0 Å². The Bertz CT molecular complexity index is 154. The summed E-state index contributed by atoms with van der Waals surface area (Å²) >= 11 is 0. The summed E-state index contributed by atoms with van der Waals surface area (Å²) < 4.78 is 6.15. The van der Waals surface area contributed by atoms with Gasteiger partial charge in [0.1, 0.15) is 0 Å². The van der Waals surface area contributed by atoms with E-state index >= 15 is 0 Å². The van der Waals surface area contributed by atoms with Crippen LogP contribution in [0.5, 0.6) is 0 Å². The van der Waals surface area contributed by atoms with Gasteiger partial charge in [-0.2, -0.15) is 0 Å². The smallest absolute Gasteiger partial charge is 0.191 e. The molecule has 15 heavy (non-hydrogen) atoms. The van der Waals surface area contributed by atoms with Crippen LogP contribution in [-0.4, -0.2) is 14.9 Å². The quantitative estimate of drug-likeness (QED) is 0.314. The van der Waals surface area contributed by atoms with Crippen molar-refractivity contribution < 1.29 is 4.43 Å². The molecule has 0 atom stereocenters. The van der Waals surface area contributed by atoms with Crippen LogP contribution in [-0.2, 0) is 4.43 Å². The third kappa shape index (κ3) is 6.16. The number of allylic oxidation sites excluding steroid dienone is 1. The number of unbranched alkanes of at least 4 members (excludes halogenated alkanes) is 1. The highest BCUT2D eigenvalue weighted by Crippen LogP contribution is 2.21. The minimum absolute atomic E-state index is 0.932. The summed E-state index contributed by atoms with van der Waals surface area (Å²) in [7, 11) is -1.32. The molecule has 0 bridgehead atoms. The van der Waals surface area contributed by atoms with Gasteiger partial charge in [-0.25, -0.2) is 0 Å². The van der Waals surface area contributed by atoms with Gasteiger partial charge in [-0.1, -0.05) is 46.3 Å². The molecule has 90 valence electrons. The molecule has 0 aliphatic heterocycles. The van der Waals surface area contributed by atoms with E-state index in [9.17, 15) is 0 Å². The number of hydrogen-bond acceptors (Lipinski definition) is 1. The van der Waals surface area contributed by atoms with Crippen molar-refractivity contribution in [2.75, 3.05) is 6.61 Å². The molecule has 0 unspecified atom stereocenters. The van der Waals surface area contributed by atoms with Crippen LogP contribution in [0.25, 0.3) is 0 Å². The maximum Gasteiger partial charge on any atom is 0.191 e. The van der Waals surface area contributed by atoms with Crippen LogP contribution < -0.4 is 0 Å². The van der Waals surface area contributed by atoms with E-state index in [0.717, 1.165) is 13.0 Å². The van der Waals surface area contributed by atoms with E-state index < -0.39 is 8.32 Å². The first-order valence-corrected chi connectivity index (χ1v) is 9.06. The minimum atomic E-state index is -1.32. The van der Waals surface area contributed by atoms with E-state index in [1.807, 2.05) is 0 Å². The molecule has 0 heterocycles. The molecule has 1 nitrogen and oxygen atoms in total. The Morgan fingerprint density at radius 2 is 1.40 bits per heavy atom. The highest BCUT2D eigenvalue weighted by molar-refractivity contribution is 6.73. The summed E-state index contributed by atoms with van der Waals surface area (Å²) in [6.07, 6.45) is 8.08. The molecule has 0 aromatic heterocycles. The Balaban J connectivity index is 3.71. The van der Waals surface area contributed by atoms with Gasteiger partial charge in [0.15, 0.2) is 8.32 Å². The zero-order chi connectivity index (χ0) is 11.6. The topological polar surface area (TPSA) is 9.23 Å². The lowest BCUT2D eigenvalue weighted by atomic mass is 10.3. The Kier molecular flexibility index (Phi) is 9.11. The lowest BCUT2D eigenvalue weighted by Gasteiger charge is -2.27. The summed E-state index contributed by atoms with van der Waals surface area (Å²) in [4.78, 5) is 0. The summed E-state index contributed by atoms with van der Waals surface area (Å²) in [5.74, 6) is 0. The molecule has 2 heteroatoms. The minimum Gasteiger partial charge on any atom is -0.417 e. The Hall–Kier alpha value is -0.0831. The summed E-state index contributed by atoms with van der Waals surface area (Å²) in [5.41, 5.74) is 0. The summed E-state index contributed by atoms with van der Waals surface area (Å²) in [5, 5.41) is 0. The molecule has 0 aromatic rings. The maximum absolute atomic E-state index is 6.15. The zero-order valence-corrected chi connectivity index (χ0v) is 12.0. The van der Waals surface area contributed by atoms with E-state index in [-0.39, 0.29) is 0 Å². The molecule has 0 aliphatic rings. The molecule has 0 aliphatic carbocycles. The first-order chi connectivity index (χ1) is 7.24. The second kappa shape index (κ2) is 9.17. The second-order valence-electron chi connectivity index (χ2n) is 4.14. The van der Waals surface area contributed by atoms with Gasteiger partial charge in [0.2, 0.25) is 0 Å². The van der Waals surface area contributed by atoms with Crippen LogP contribution in [0.4, 0.5) is 0 Å². The molecule has 0 aromatic carbocycles. The standard InChI is InChI=1S/C13H28OSi/c1-5-9-10-11-12-13-14-15(6-2,7-3)8-4/h10-11H,5-9,12-13H2,1-4H3/b11-10-. The largest absolute Gasteiger partial charge is 0.417 e. The molecule has 0 spiro atoms. The van der Waals surface area contributed by atoms with Gasteiger partial charge in [-0.3, -0.25) is 0 Å². The predicted octanol–water partition coefficient (Wildman–Crippen LogP) is 4.75. The molecule has 0 saturated carbocycles. The van der Waals surface area contributed by atoms with Gasteiger partial charge in [0.25, 0.3) is 0 Å². The molecule has 0 amide bonds. The van der Waals surface area contributed by atoms with E-state index in [2.05, 4.69) is 39.8 Å². The Morgan fingerprint density at radius 3 is 1.87 bits per heavy atom. The summed E-state index contributed by atoms with van der Waals surface area (Å²) in [6, 6.07) is 3.79. The zero-order valence-electron chi connectivity index (χ0n) is 11.0. The first kappa shape index (κ1) is 14.9. The van der Waals surface area contributed by atoms with Crippen molar-refractivity contribution in [3.05, 3.63) is 12.2 Å². The molecular weight excluding hydrogens is 200 g/mol. The van der Waals surface area contributed by atoms with Crippen molar-refractivity contribution in [1.82, 2.24) is 0 Å². The third-order valence-electron chi connectivity index (χ3n) is 3.25. The molecule has 0 rings (SSSR count). The van der Waals surface area contributed by atoms with Gasteiger partial charge >= 0.3 is 0 Å². The molecular formula is C13H28OSi. The van der Waals surface area contributed by atoms with E-state index in [1.165, 1.54) is 31.0 Å². The Morgan fingerprint density at radius 1 is 0.867 bits per heavy atom. The SMILES string of the molecule is CCC/C=C\CCO[Si](CC)(CC)CC. The van der Waals surface area contributed by atoms with Gasteiger partial charge in [0.05, 0.1) is 0 Å². The lowest BCUT2D eigenvalue weighted by molar-refractivity contribution is 0.306. The van der Waals surface area contributed by atoms with Crippen LogP contribution in [0.15, 0.2) is 12.2 Å². The van der Waals surface area contributed by atoms with Crippen LogP contribution in [0.2, 0.25) is 18.1 Å². The number of hydrogen-bond donors (Lipinski definition) is 0. The lowest BCUT2D eigenvalue weighted by Crippen LogP contribution is -2.35. The average Bonchev–Trinajstić information content (AvgIpc) is 2.29. The van der Waals surface area contributed by atoms with Gasteiger partial charge in [-0.05, 0) is 31.0 Å². The predicted molar refractivity (Wildman–Crippen MR) is 71.8 cm³/mol. The van der Waals surface area contributed by atoms with E-state index in [0.29, 0.717) is 0 Å². The van der Waals surface area contributed by atoms with Crippen molar-refractivity contribution >= 4 is 8.32 Å².